The Balaban J connectivity index is 1.38. The van der Waals surface area contributed by atoms with Gasteiger partial charge in [-0.15, -0.1) is 10.2 Å². The molecule has 1 aliphatic rings. The molecule has 3 aromatic rings. The Morgan fingerprint density at radius 2 is 2.07 bits per heavy atom. The SMILES string of the molecule is CC(C)C(NC(=O)CSc1nncn1Cc1ccco1)c1ccc2c(c1)OCCO2. The van der Waals surface area contributed by atoms with Crippen LogP contribution in [0.15, 0.2) is 52.5 Å². The molecule has 1 aliphatic heterocycles. The number of nitrogens with one attached hydrogen (secondary N) is 1. The normalized spacial score (nSPS) is 14.0. The fraction of sp³-hybridized carbons (Fsp3) is 0.381. The molecule has 0 aliphatic carbocycles. The molecule has 3 heterocycles. The van der Waals surface area contributed by atoms with Crippen LogP contribution in [0.1, 0.15) is 31.2 Å². The van der Waals surface area contributed by atoms with E-state index in [1.165, 1.54) is 11.8 Å². The summed E-state index contributed by atoms with van der Waals surface area (Å²) in [7, 11) is 0. The summed E-state index contributed by atoms with van der Waals surface area (Å²) in [6.45, 7) is 5.77. The maximum absolute atomic E-state index is 12.7. The first-order valence-electron chi connectivity index (χ1n) is 9.82. The van der Waals surface area contributed by atoms with Crippen molar-refractivity contribution in [3.05, 3.63) is 54.2 Å². The summed E-state index contributed by atoms with van der Waals surface area (Å²) >= 11 is 1.35. The number of thioether (sulfide) groups is 1. The molecule has 9 heteroatoms. The molecular weight excluding hydrogens is 404 g/mol. The van der Waals surface area contributed by atoms with Crippen molar-refractivity contribution in [3.63, 3.8) is 0 Å². The Morgan fingerprint density at radius 1 is 1.23 bits per heavy atom. The van der Waals surface area contributed by atoms with E-state index in [2.05, 4.69) is 29.4 Å². The highest BCUT2D eigenvalue weighted by Gasteiger charge is 2.22. The van der Waals surface area contributed by atoms with Gasteiger partial charge in [-0.3, -0.25) is 4.79 Å². The van der Waals surface area contributed by atoms with Gasteiger partial charge in [-0.1, -0.05) is 31.7 Å². The molecule has 158 valence electrons. The molecule has 0 radical (unpaired) electrons. The van der Waals surface area contributed by atoms with Crippen LogP contribution in [0, 0.1) is 5.92 Å². The van der Waals surface area contributed by atoms with E-state index >= 15 is 0 Å². The number of hydrogen-bond donors (Lipinski definition) is 1. The number of nitrogens with zero attached hydrogens (tertiary/aromatic N) is 3. The lowest BCUT2D eigenvalue weighted by Crippen LogP contribution is -2.33. The van der Waals surface area contributed by atoms with Gasteiger partial charge in [0.1, 0.15) is 25.3 Å². The van der Waals surface area contributed by atoms with E-state index in [0.29, 0.717) is 24.9 Å². The van der Waals surface area contributed by atoms with Crippen LogP contribution in [-0.2, 0) is 11.3 Å². The lowest BCUT2D eigenvalue weighted by molar-refractivity contribution is -0.119. The van der Waals surface area contributed by atoms with Crippen molar-refractivity contribution < 1.29 is 18.7 Å². The van der Waals surface area contributed by atoms with Crippen LogP contribution in [0.2, 0.25) is 0 Å². The van der Waals surface area contributed by atoms with Gasteiger partial charge in [0.2, 0.25) is 5.91 Å². The zero-order valence-corrected chi connectivity index (χ0v) is 17.7. The maximum atomic E-state index is 12.7. The fourth-order valence-corrected chi connectivity index (χ4v) is 3.99. The molecule has 0 saturated heterocycles. The van der Waals surface area contributed by atoms with Crippen LogP contribution in [0.4, 0.5) is 0 Å². The van der Waals surface area contributed by atoms with Gasteiger partial charge in [-0.05, 0) is 35.7 Å². The highest BCUT2D eigenvalue weighted by atomic mass is 32.2. The Morgan fingerprint density at radius 3 is 2.83 bits per heavy atom. The smallest absolute Gasteiger partial charge is 0.230 e. The maximum Gasteiger partial charge on any atom is 0.230 e. The van der Waals surface area contributed by atoms with Crippen molar-refractivity contribution in [2.24, 2.45) is 5.92 Å². The summed E-state index contributed by atoms with van der Waals surface area (Å²) in [6.07, 6.45) is 3.26. The number of carbonyl (C=O) groups excluding carboxylic acids is 1. The van der Waals surface area contributed by atoms with E-state index in [4.69, 9.17) is 13.9 Å². The van der Waals surface area contributed by atoms with E-state index in [-0.39, 0.29) is 23.6 Å². The predicted octanol–water partition coefficient (Wildman–Crippen LogP) is 3.30. The number of carbonyl (C=O) groups is 1. The molecular formula is C21H24N4O4S. The summed E-state index contributed by atoms with van der Waals surface area (Å²) in [4.78, 5) is 12.7. The first-order chi connectivity index (χ1) is 14.6. The van der Waals surface area contributed by atoms with E-state index < -0.39 is 0 Å². The lowest BCUT2D eigenvalue weighted by Gasteiger charge is -2.25. The topological polar surface area (TPSA) is 91.4 Å². The van der Waals surface area contributed by atoms with Gasteiger partial charge < -0.3 is 23.8 Å². The van der Waals surface area contributed by atoms with Crippen molar-refractivity contribution in [1.29, 1.82) is 0 Å². The summed E-state index contributed by atoms with van der Waals surface area (Å²) in [6, 6.07) is 9.43. The lowest BCUT2D eigenvalue weighted by atomic mass is 9.95. The van der Waals surface area contributed by atoms with Gasteiger partial charge in [-0.25, -0.2) is 0 Å². The first-order valence-corrected chi connectivity index (χ1v) is 10.8. The minimum atomic E-state index is -0.130. The molecule has 4 rings (SSSR count). The summed E-state index contributed by atoms with van der Waals surface area (Å²) < 4.78 is 18.5. The van der Waals surface area contributed by atoms with Gasteiger partial charge in [-0.2, -0.15) is 0 Å². The second-order valence-corrected chi connectivity index (χ2v) is 8.24. The van der Waals surface area contributed by atoms with Crippen molar-refractivity contribution >= 4 is 17.7 Å². The Labute approximate surface area is 179 Å². The van der Waals surface area contributed by atoms with Crippen molar-refractivity contribution in [3.8, 4) is 11.5 Å². The molecule has 1 aromatic carbocycles. The second-order valence-electron chi connectivity index (χ2n) is 7.30. The minimum Gasteiger partial charge on any atom is -0.486 e. The number of amides is 1. The summed E-state index contributed by atoms with van der Waals surface area (Å²) in [5.41, 5.74) is 0.994. The highest BCUT2D eigenvalue weighted by Crippen LogP contribution is 2.34. The summed E-state index contributed by atoms with van der Waals surface area (Å²) in [5.74, 6) is 2.65. The summed E-state index contributed by atoms with van der Waals surface area (Å²) in [5, 5.41) is 11.9. The van der Waals surface area contributed by atoms with Gasteiger partial charge >= 0.3 is 0 Å². The Hall–Kier alpha value is -2.94. The number of benzene rings is 1. The third-order valence-corrected chi connectivity index (χ3v) is 5.71. The Kier molecular flexibility index (Phi) is 6.27. The quantitative estimate of drug-likeness (QED) is 0.551. The zero-order chi connectivity index (χ0) is 20.9. The van der Waals surface area contributed by atoms with Gasteiger partial charge in [0, 0.05) is 0 Å². The first kappa shape index (κ1) is 20.3. The van der Waals surface area contributed by atoms with Gasteiger partial charge in [0.05, 0.1) is 24.6 Å². The van der Waals surface area contributed by atoms with E-state index in [0.717, 1.165) is 22.8 Å². The van der Waals surface area contributed by atoms with Crippen LogP contribution in [0.25, 0.3) is 0 Å². The number of ether oxygens (including phenoxy) is 2. The number of aromatic nitrogens is 3. The van der Waals surface area contributed by atoms with E-state index in [9.17, 15) is 4.79 Å². The molecule has 1 N–H and O–H groups in total. The van der Waals surface area contributed by atoms with Crippen LogP contribution in [-0.4, -0.2) is 39.6 Å². The number of furan rings is 1. The van der Waals surface area contributed by atoms with E-state index in [1.807, 2.05) is 34.9 Å². The average molecular weight is 429 g/mol. The standard InChI is InChI=1S/C21H24N4O4S/c1-14(2)20(15-5-6-17-18(10-15)29-9-8-28-17)23-19(26)12-30-21-24-22-13-25(21)11-16-4-3-7-27-16/h3-7,10,13-14,20H,8-9,11-12H2,1-2H3,(H,23,26). The van der Waals surface area contributed by atoms with E-state index in [1.54, 1.807) is 12.6 Å². The zero-order valence-electron chi connectivity index (χ0n) is 16.9. The molecule has 0 bridgehead atoms. The van der Waals surface area contributed by atoms with Crippen molar-refractivity contribution in [2.45, 2.75) is 31.6 Å². The van der Waals surface area contributed by atoms with Crippen LogP contribution < -0.4 is 14.8 Å². The third-order valence-electron chi connectivity index (χ3n) is 4.73. The monoisotopic (exact) mass is 428 g/mol. The fourth-order valence-electron chi connectivity index (χ4n) is 3.27. The number of hydrogen-bond acceptors (Lipinski definition) is 7. The third kappa shape index (κ3) is 4.79. The second kappa shape index (κ2) is 9.25. The predicted molar refractivity (Wildman–Crippen MR) is 112 cm³/mol. The molecule has 8 nitrogen and oxygen atoms in total. The molecule has 1 unspecified atom stereocenters. The average Bonchev–Trinajstić information content (AvgIpc) is 3.42. The number of rotatable bonds is 8. The van der Waals surface area contributed by atoms with Gasteiger partial charge in [0.25, 0.3) is 0 Å². The van der Waals surface area contributed by atoms with Crippen LogP contribution in [0.5, 0.6) is 11.5 Å². The van der Waals surface area contributed by atoms with Crippen molar-refractivity contribution in [1.82, 2.24) is 20.1 Å². The molecule has 0 fully saturated rings. The molecule has 1 amide bonds. The number of fused-ring (bicyclic) bond motifs is 1. The molecule has 2 aromatic heterocycles. The molecule has 30 heavy (non-hydrogen) atoms. The van der Waals surface area contributed by atoms with Crippen LogP contribution in [0.3, 0.4) is 0 Å². The van der Waals surface area contributed by atoms with Crippen molar-refractivity contribution in [2.75, 3.05) is 19.0 Å². The van der Waals surface area contributed by atoms with Crippen LogP contribution >= 0.6 is 11.8 Å². The Bertz CT molecular complexity index is 987. The molecule has 0 saturated carbocycles. The largest absolute Gasteiger partial charge is 0.486 e. The minimum absolute atomic E-state index is 0.0684. The highest BCUT2D eigenvalue weighted by molar-refractivity contribution is 7.99. The molecule has 0 spiro atoms. The molecule has 1 atom stereocenters. The van der Waals surface area contributed by atoms with Gasteiger partial charge in [0.15, 0.2) is 16.7 Å².